The number of aromatic nitrogens is 1. The molecule has 0 aliphatic rings. The van der Waals surface area contributed by atoms with Crippen molar-refractivity contribution in [3.63, 3.8) is 0 Å². The number of hydrogen-bond donors (Lipinski definition) is 2. The minimum Gasteiger partial charge on any atom is -0.507 e. The molecular weight excluding hydrogens is 344 g/mol. The van der Waals surface area contributed by atoms with Gasteiger partial charge in [-0.3, -0.25) is 4.79 Å². The quantitative estimate of drug-likeness (QED) is 0.526. The maximum absolute atomic E-state index is 12.3. The summed E-state index contributed by atoms with van der Waals surface area (Å²) in [6.45, 7) is 1.97. The van der Waals surface area contributed by atoms with Gasteiger partial charge in [0, 0.05) is 17.3 Å². The first-order valence-corrected chi connectivity index (χ1v) is 8.99. The molecule has 2 N–H and O–H groups in total. The van der Waals surface area contributed by atoms with E-state index in [1.807, 2.05) is 43.3 Å². The Labute approximate surface area is 154 Å². The molecule has 4 nitrogen and oxygen atoms in total. The predicted octanol–water partition coefficient (Wildman–Crippen LogP) is 5.23. The second kappa shape index (κ2) is 6.61. The zero-order chi connectivity index (χ0) is 18.1. The first-order valence-electron chi connectivity index (χ1n) is 8.17. The number of nitrogens with zero attached hydrogens (tertiary/aromatic N) is 1. The summed E-state index contributed by atoms with van der Waals surface area (Å²) < 4.78 is 1.07. The van der Waals surface area contributed by atoms with Crippen molar-refractivity contribution in [2.45, 2.75) is 6.92 Å². The van der Waals surface area contributed by atoms with Crippen molar-refractivity contribution in [1.29, 1.82) is 0 Å². The lowest BCUT2D eigenvalue weighted by Crippen LogP contribution is -2.11. The standard InChI is InChI=1S/C21H16N2O2S/c1-13-6-8-14(9-7-13)20(25)22-15-10-11-16(18(24)12-15)21-23-17-4-2-3-5-19(17)26-21/h2-12,24H,1H3,(H,22,25). The summed E-state index contributed by atoms with van der Waals surface area (Å²) in [5, 5.41) is 14.0. The van der Waals surface area contributed by atoms with E-state index in [9.17, 15) is 9.90 Å². The van der Waals surface area contributed by atoms with E-state index >= 15 is 0 Å². The molecule has 0 bridgehead atoms. The van der Waals surface area contributed by atoms with Crippen molar-refractivity contribution in [2.75, 3.05) is 5.32 Å². The number of anilines is 1. The summed E-state index contributed by atoms with van der Waals surface area (Å²) >= 11 is 1.52. The van der Waals surface area contributed by atoms with Crippen LogP contribution < -0.4 is 5.32 Å². The Hall–Kier alpha value is -3.18. The molecule has 1 amide bonds. The largest absolute Gasteiger partial charge is 0.507 e. The van der Waals surface area contributed by atoms with Crippen LogP contribution >= 0.6 is 11.3 Å². The van der Waals surface area contributed by atoms with Crippen LogP contribution in [-0.2, 0) is 0 Å². The third kappa shape index (κ3) is 3.17. The van der Waals surface area contributed by atoms with E-state index in [0.717, 1.165) is 20.8 Å². The van der Waals surface area contributed by atoms with Gasteiger partial charge >= 0.3 is 0 Å². The molecule has 1 heterocycles. The van der Waals surface area contributed by atoms with Gasteiger partial charge in [0.1, 0.15) is 10.8 Å². The fourth-order valence-electron chi connectivity index (χ4n) is 2.69. The number of phenols is 1. The molecule has 5 heteroatoms. The highest BCUT2D eigenvalue weighted by Gasteiger charge is 2.12. The molecule has 26 heavy (non-hydrogen) atoms. The molecule has 0 atom stereocenters. The van der Waals surface area contributed by atoms with Crippen molar-refractivity contribution in [2.24, 2.45) is 0 Å². The number of aryl methyl sites for hydroxylation is 1. The number of aromatic hydroxyl groups is 1. The van der Waals surface area contributed by atoms with Gasteiger partial charge in [-0.25, -0.2) is 4.98 Å². The molecule has 0 saturated heterocycles. The van der Waals surface area contributed by atoms with Crippen LogP contribution in [-0.4, -0.2) is 16.0 Å². The number of benzene rings is 3. The van der Waals surface area contributed by atoms with Gasteiger partial charge < -0.3 is 10.4 Å². The summed E-state index contributed by atoms with van der Waals surface area (Å²) in [5.41, 5.74) is 3.77. The predicted molar refractivity (Wildman–Crippen MR) is 106 cm³/mol. The van der Waals surface area contributed by atoms with Gasteiger partial charge in [0.25, 0.3) is 5.91 Å². The normalized spacial score (nSPS) is 10.8. The van der Waals surface area contributed by atoms with Crippen molar-refractivity contribution in [3.8, 4) is 16.3 Å². The van der Waals surface area contributed by atoms with E-state index in [1.54, 1.807) is 30.3 Å². The molecule has 0 unspecified atom stereocenters. The number of carbonyl (C=O) groups is 1. The summed E-state index contributed by atoms with van der Waals surface area (Å²) in [6, 6.07) is 20.3. The molecule has 0 saturated carbocycles. The van der Waals surface area contributed by atoms with E-state index in [2.05, 4.69) is 10.3 Å². The number of hydrogen-bond acceptors (Lipinski definition) is 4. The van der Waals surface area contributed by atoms with Gasteiger partial charge in [-0.15, -0.1) is 11.3 Å². The van der Waals surface area contributed by atoms with Crippen LogP contribution in [0.3, 0.4) is 0 Å². The van der Waals surface area contributed by atoms with Crippen LogP contribution in [0.5, 0.6) is 5.75 Å². The fourth-order valence-corrected chi connectivity index (χ4v) is 3.69. The number of nitrogens with one attached hydrogen (secondary N) is 1. The zero-order valence-corrected chi connectivity index (χ0v) is 14.9. The minimum absolute atomic E-state index is 0.0887. The molecule has 4 rings (SSSR count). The van der Waals surface area contributed by atoms with E-state index < -0.39 is 0 Å². The Morgan fingerprint density at radius 2 is 1.81 bits per heavy atom. The molecular formula is C21H16N2O2S. The van der Waals surface area contributed by atoms with Crippen LogP contribution in [0.1, 0.15) is 15.9 Å². The van der Waals surface area contributed by atoms with Crippen LogP contribution in [0.4, 0.5) is 5.69 Å². The Balaban J connectivity index is 1.59. The third-order valence-electron chi connectivity index (χ3n) is 4.09. The maximum atomic E-state index is 12.3. The molecule has 3 aromatic carbocycles. The van der Waals surface area contributed by atoms with Crippen LogP contribution in [0.25, 0.3) is 20.8 Å². The average molecular weight is 360 g/mol. The van der Waals surface area contributed by atoms with E-state index in [-0.39, 0.29) is 11.7 Å². The fraction of sp³-hybridized carbons (Fsp3) is 0.0476. The molecule has 0 radical (unpaired) electrons. The lowest BCUT2D eigenvalue weighted by Gasteiger charge is -2.08. The first kappa shape index (κ1) is 16.3. The minimum atomic E-state index is -0.211. The summed E-state index contributed by atoms with van der Waals surface area (Å²) in [6.07, 6.45) is 0. The van der Waals surface area contributed by atoms with Crippen molar-refractivity contribution in [1.82, 2.24) is 4.98 Å². The van der Waals surface area contributed by atoms with Gasteiger partial charge in [-0.05, 0) is 43.3 Å². The molecule has 0 fully saturated rings. The number of phenolic OH excluding ortho intramolecular Hbond substituents is 1. The third-order valence-corrected chi connectivity index (χ3v) is 5.16. The van der Waals surface area contributed by atoms with Gasteiger partial charge in [0.05, 0.1) is 15.8 Å². The van der Waals surface area contributed by atoms with E-state index in [1.165, 1.54) is 11.3 Å². The first-order chi connectivity index (χ1) is 12.6. The summed E-state index contributed by atoms with van der Waals surface area (Å²) in [7, 11) is 0. The lowest BCUT2D eigenvalue weighted by molar-refractivity contribution is 0.102. The maximum Gasteiger partial charge on any atom is 0.255 e. The second-order valence-electron chi connectivity index (χ2n) is 6.04. The Bertz CT molecular complexity index is 1070. The van der Waals surface area contributed by atoms with Gasteiger partial charge in [0.15, 0.2) is 0 Å². The molecule has 4 aromatic rings. The van der Waals surface area contributed by atoms with E-state index in [4.69, 9.17) is 0 Å². The van der Waals surface area contributed by atoms with Crippen molar-refractivity contribution < 1.29 is 9.90 Å². The number of thiazole rings is 1. The Morgan fingerprint density at radius 3 is 2.54 bits per heavy atom. The molecule has 0 aliphatic carbocycles. The van der Waals surface area contributed by atoms with Crippen LogP contribution in [0.15, 0.2) is 66.7 Å². The van der Waals surface area contributed by atoms with Crippen molar-refractivity contribution in [3.05, 3.63) is 77.9 Å². The highest BCUT2D eigenvalue weighted by molar-refractivity contribution is 7.21. The van der Waals surface area contributed by atoms with Gasteiger partial charge in [-0.1, -0.05) is 29.8 Å². The molecule has 0 aliphatic heterocycles. The SMILES string of the molecule is Cc1ccc(C(=O)Nc2ccc(-c3nc4ccccc4s3)c(O)c2)cc1. The highest BCUT2D eigenvalue weighted by atomic mass is 32.1. The number of carbonyl (C=O) groups excluding carboxylic acids is 1. The van der Waals surface area contributed by atoms with E-state index in [0.29, 0.717) is 16.8 Å². The second-order valence-corrected chi connectivity index (χ2v) is 7.07. The van der Waals surface area contributed by atoms with Gasteiger partial charge in [0.2, 0.25) is 0 Å². The topological polar surface area (TPSA) is 62.2 Å². The van der Waals surface area contributed by atoms with Crippen LogP contribution in [0.2, 0.25) is 0 Å². The number of para-hydroxylation sites is 1. The monoisotopic (exact) mass is 360 g/mol. The number of fused-ring (bicyclic) bond motifs is 1. The molecule has 1 aromatic heterocycles. The Morgan fingerprint density at radius 1 is 1.04 bits per heavy atom. The van der Waals surface area contributed by atoms with Gasteiger partial charge in [-0.2, -0.15) is 0 Å². The van der Waals surface area contributed by atoms with Crippen molar-refractivity contribution >= 4 is 33.1 Å². The zero-order valence-electron chi connectivity index (χ0n) is 14.1. The summed E-state index contributed by atoms with van der Waals surface area (Å²) in [4.78, 5) is 16.9. The highest BCUT2D eigenvalue weighted by Crippen LogP contribution is 2.36. The molecule has 0 spiro atoms. The number of rotatable bonds is 3. The Kier molecular flexibility index (Phi) is 4.14. The lowest BCUT2D eigenvalue weighted by atomic mass is 10.1. The average Bonchev–Trinajstić information content (AvgIpc) is 3.06. The smallest absolute Gasteiger partial charge is 0.255 e. The number of amides is 1. The summed E-state index contributed by atoms with van der Waals surface area (Å²) in [5.74, 6) is -0.122. The molecule has 128 valence electrons. The van der Waals surface area contributed by atoms with Crippen LogP contribution in [0, 0.1) is 6.92 Å².